The Bertz CT molecular complexity index is 898. The monoisotopic (exact) mass is 353 g/mol. The highest BCUT2D eigenvalue weighted by atomic mass is 16.5. The number of ether oxygens (including phenoxy) is 1. The van der Waals surface area contributed by atoms with Crippen LogP contribution < -0.4 is 5.32 Å². The summed E-state index contributed by atoms with van der Waals surface area (Å²) in [6.07, 6.45) is 3.90. The van der Waals surface area contributed by atoms with E-state index in [4.69, 9.17) is 9.26 Å². The van der Waals surface area contributed by atoms with E-state index in [-0.39, 0.29) is 17.9 Å². The number of nitrogens with zero attached hydrogens (tertiary/aromatic N) is 1. The number of rotatable bonds is 6. The van der Waals surface area contributed by atoms with Gasteiger partial charge < -0.3 is 19.6 Å². The molecule has 2 N–H and O–H groups in total. The van der Waals surface area contributed by atoms with Crippen molar-refractivity contribution in [3.05, 3.63) is 53.5 Å². The predicted octanol–water partition coefficient (Wildman–Crippen LogP) is 2.77. The zero-order chi connectivity index (χ0) is 17.9. The van der Waals surface area contributed by atoms with Crippen molar-refractivity contribution in [1.29, 1.82) is 0 Å². The molecule has 0 unspecified atom stereocenters. The van der Waals surface area contributed by atoms with Gasteiger partial charge in [0.1, 0.15) is 5.76 Å². The van der Waals surface area contributed by atoms with Gasteiger partial charge in [0, 0.05) is 41.9 Å². The van der Waals surface area contributed by atoms with Crippen LogP contribution in [0, 0.1) is 12.8 Å². The van der Waals surface area contributed by atoms with Crippen molar-refractivity contribution in [1.82, 2.24) is 15.5 Å². The Morgan fingerprint density at radius 2 is 2.23 bits per heavy atom. The Kier molecular flexibility index (Phi) is 4.75. The number of amides is 1. The number of aryl methyl sites for hydroxylation is 2. The number of H-pyrrole nitrogens is 1. The zero-order valence-electron chi connectivity index (χ0n) is 14.8. The molecule has 1 aromatic carbocycles. The van der Waals surface area contributed by atoms with Gasteiger partial charge in [0.05, 0.1) is 24.9 Å². The second-order valence-corrected chi connectivity index (χ2v) is 6.97. The number of benzene rings is 1. The van der Waals surface area contributed by atoms with Gasteiger partial charge in [0.25, 0.3) is 0 Å². The standard InChI is InChI=1S/C20H23N3O3/c1-13-8-16(26-23-13)9-15-11-25-12-19(15)22-20(24)7-6-14-10-21-18-5-3-2-4-17(14)18/h2-5,8,10,15,19,21H,6-7,9,11-12H2,1H3,(H,22,24)/t15-,19+/m1/s1. The Balaban J connectivity index is 1.32. The third-order valence-corrected chi connectivity index (χ3v) is 4.98. The molecule has 1 saturated heterocycles. The summed E-state index contributed by atoms with van der Waals surface area (Å²) < 4.78 is 10.9. The molecule has 136 valence electrons. The minimum Gasteiger partial charge on any atom is -0.379 e. The van der Waals surface area contributed by atoms with E-state index in [2.05, 4.69) is 21.5 Å². The normalized spacial score (nSPS) is 19.9. The van der Waals surface area contributed by atoms with Crippen LogP contribution in [-0.2, 0) is 22.4 Å². The molecular weight excluding hydrogens is 330 g/mol. The minimum atomic E-state index is 0.0240. The van der Waals surface area contributed by atoms with Crippen LogP contribution in [0.1, 0.15) is 23.4 Å². The molecule has 0 aliphatic carbocycles. The maximum atomic E-state index is 12.4. The molecule has 0 spiro atoms. The summed E-state index contributed by atoms with van der Waals surface area (Å²) in [5, 5.41) is 8.23. The van der Waals surface area contributed by atoms with E-state index in [0.29, 0.717) is 19.6 Å². The summed E-state index contributed by atoms with van der Waals surface area (Å²) in [6, 6.07) is 10.1. The highest BCUT2D eigenvalue weighted by molar-refractivity contribution is 5.84. The number of carbonyl (C=O) groups excluding carboxylic acids is 1. The first-order chi connectivity index (χ1) is 12.7. The van der Waals surface area contributed by atoms with Gasteiger partial charge in [-0.15, -0.1) is 0 Å². The van der Waals surface area contributed by atoms with Gasteiger partial charge in [-0.1, -0.05) is 23.4 Å². The van der Waals surface area contributed by atoms with Gasteiger partial charge >= 0.3 is 0 Å². The van der Waals surface area contributed by atoms with Gasteiger partial charge in [-0.25, -0.2) is 0 Å². The number of nitrogens with one attached hydrogen (secondary N) is 2. The van der Waals surface area contributed by atoms with Crippen molar-refractivity contribution in [3.63, 3.8) is 0 Å². The Morgan fingerprint density at radius 3 is 3.08 bits per heavy atom. The third-order valence-electron chi connectivity index (χ3n) is 4.98. The molecule has 4 rings (SSSR count). The van der Waals surface area contributed by atoms with Crippen molar-refractivity contribution in [2.24, 2.45) is 5.92 Å². The summed E-state index contributed by atoms with van der Waals surface area (Å²) in [6.45, 7) is 3.09. The van der Waals surface area contributed by atoms with Crippen LogP contribution in [-0.4, -0.2) is 35.3 Å². The summed E-state index contributed by atoms with van der Waals surface area (Å²) in [7, 11) is 0. The van der Waals surface area contributed by atoms with Crippen LogP contribution in [0.4, 0.5) is 0 Å². The molecule has 6 nitrogen and oxygen atoms in total. The third kappa shape index (κ3) is 3.65. The van der Waals surface area contributed by atoms with E-state index < -0.39 is 0 Å². The molecule has 3 aromatic rings. The fourth-order valence-corrected chi connectivity index (χ4v) is 3.60. The molecule has 2 aromatic heterocycles. The molecule has 0 radical (unpaired) electrons. The van der Waals surface area contributed by atoms with E-state index in [9.17, 15) is 4.79 Å². The molecule has 1 amide bonds. The van der Waals surface area contributed by atoms with Crippen LogP contribution in [0.25, 0.3) is 10.9 Å². The number of hydrogen-bond donors (Lipinski definition) is 2. The van der Waals surface area contributed by atoms with Gasteiger partial charge in [-0.3, -0.25) is 4.79 Å². The average Bonchev–Trinajstić information content (AvgIpc) is 3.35. The summed E-state index contributed by atoms with van der Waals surface area (Å²) in [5.41, 5.74) is 3.15. The van der Waals surface area contributed by atoms with Crippen molar-refractivity contribution in [2.45, 2.75) is 32.2 Å². The number of para-hydroxylation sites is 1. The lowest BCUT2D eigenvalue weighted by atomic mass is 9.98. The van der Waals surface area contributed by atoms with Crippen molar-refractivity contribution in [3.8, 4) is 0 Å². The molecule has 1 fully saturated rings. The first-order valence-electron chi connectivity index (χ1n) is 9.03. The second-order valence-electron chi connectivity index (χ2n) is 6.97. The molecule has 0 bridgehead atoms. The van der Waals surface area contributed by atoms with Crippen LogP contribution in [0.2, 0.25) is 0 Å². The number of aromatic nitrogens is 2. The maximum absolute atomic E-state index is 12.4. The highest BCUT2D eigenvalue weighted by Crippen LogP contribution is 2.21. The van der Waals surface area contributed by atoms with Gasteiger partial charge in [-0.05, 0) is 25.0 Å². The van der Waals surface area contributed by atoms with Crippen LogP contribution >= 0.6 is 0 Å². The number of carbonyl (C=O) groups is 1. The van der Waals surface area contributed by atoms with Crippen molar-refractivity contribution in [2.75, 3.05) is 13.2 Å². The van der Waals surface area contributed by atoms with E-state index in [1.807, 2.05) is 37.4 Å². The largest absolute Gasteiger partial charge is 0.379 e. The first kappa shape index (κ1) is 16.8. The summed E-state index contributed by atoms with van der Waals surface area (Å²) in [5.74, 6) is 1.12. The number of aromatic amines is 1. The zero-order valence-corrected chi connectivity index (χ0v) is 14.8. The van der Waals surface area contributed by atoms with E-state index >= 15 is 0 Å². The van der Waals surface area contributed by atoms with Crippen LogP contribution in [0.5, 0.6) is 0 Å². The Morgan fingerprint density at radius 1 is 1.35 bits per heavy atom. The minimum absolute atomic E-state index is 0.0240. The average molecular weight is 353 g/mol. The smallest absolute Gasteiger partial charge is 0.220 e. The van der Waals surface area contributed by atoms with Crippen molar-refractivity contribution < 1.29 is 14.1 Å². The molecular formula is C20H23N3O3. The molecule has 26 heavy (non-hydrogen) atoms. The lowest BCUT2D eigenvalue weighted by Crippen LogP contribution is -2.40. The van der Waals surface area contributed by atoms with Crippen LogP contribution in [0.3, 0.4) is 0 Å². The molecule has 2 atom stereocenters. The lowest BCUT2D eigenvalue weighted by molar-refractivity contribution is -0.122. The van der Waals surface area contributed by atoms with Gasteiger partial charge in [0.15, 0.2) is 0 Å². The molecule has 1 aliphatic rings. The van der Waals surface area contributed by atoms with Gasteiger partial charge in [0.2, 0.25) is 5.91 Å². The van der Waals surface area contributed by atoms with Crippen LogP contribution in [0.15, 0.2) is 41.1 Å². The lowest BCUT2D eigenvalue weighted by Gasteiger charge is -2.18. The highest BCUT2D eigenvalue weighted by Gasteiger charge is 2.30. The Labute approximate surface area is 151 Å². The molecule has 3 heterocycles. The topological polar surface area (TPSA) is 80.1 Å². The van der Waals surface area contributed by atoms with Gasteiger partial charge in [-0.2, -0.15) is 0 Å². The van der Waals surface area contributed by atoms with Crippen molar-refractivity contribution >= 4 is 16.8 Å². The fourth-order valence-electron chi connectivity index (χ4n) is 3.60. The SMILES string of the molecule is Cc1cc(C[C@@H]2COC[C@@H]2NC(=O)CCc2c[nH]c3ccccc23)on1. The predicted molar refractivity (Wildman–Crippen MR) is 97.8 cm³/mol. The fraction of sp³-hybridized carbons (Fsp3) is 0.400. The first-order valence-corrected chi connectivity index (χ1v) is 9.03. The van der Waals surface area contributed by atoms with E-state index in [1.54, 1.807) is 0 Å². The number of fused-ring (bicyclic) bond motifs is 1. The molecule has 1 aliphatic heterocycles. The second kappa shape index (κ2) is 7.33. The molecule has 6 heteroatoms. The Hall–Kier alpha value is -2.60. The summed E-state index contributed by atoms with van der Waals surface area (Å²) >= 11 is 0. The summed E-state index contributed by atoms with van der Waals surface area (Å²) in [4.78, 5) is 15.7. The number of hydrogen-bond acceptors (Lipinski definition) is 4. The van der Waals surface area contributed by atoms with E-state index in [0.717, 1.165) is 29.8 Å². The van der Waals surface area contributed by atoms with E-state index in [1.165, 1.54) is 10.9 Å². The molecule has 0 saturated carbocycles. The quantitative estimate of drug-likeness (QED) is 0.714. The maximum Gasteiger partial charge on any atom is 0.220 e.